The molecule has 0 radical (unpaired) electrons. The smallest absolute Gasteiger partial charge is 0.148 e. The minimum absolute atomic E-state index is 0.870. The molecule has 2 aromatic rings. The fourth-order valence-electron chi connectivity index (χ4n) is 2.32. The highest BCUT2D eigenvalue weighted by Crippen LogP contribution is 2.33. The van der Waals surface area contributed by atoms with Gasteiger partial charge in [0.25, 0.3) is 0 Å². The first-order valence-electron chi connectivity index (χ1n) is 5.76. The molecule has 1 heterocycles. The highest BCUT2D eigenvalue weighted by atomic mass is 79.9. The third kappa shape index (κ3) is 1.86. The van der Waals surface area contributed by atoms with E-state index in [1.807, 2.05) is 6.07 Å². The summed E-state index contributed by atoms with van der Waals surface area (Å²) in [6.07, 6.45) is 3.63. The van der Waals surface area contributed by atoms with Crippen LogP contribution in [0, 0.1) is 0 Å². The van der Waals surface area contributed by atoms with Gasteiger partial charge in [-0.05, 0) is 46.5 Å². The topological polar surface area (TPSA) is 34.7 Å². The Bertz CT molecular complexity index is 616. The van der Waals surface area contributed by atoms with Crippen LogP contribution in [0.1, 0.15) is 17.5 Å². The summed E-state index contributed by atoms with van der Waals surface area (Å²) in [5.74, 6) is 0.870. The van der Waals surface area contributed by atoms with Gasteiger partial charge in [-0.1, -0.05) is 17.3 Å². The van der Waals surface area contributed by atoms with Crippen molar-refractivity contribution in [3.63, 3.8) is 0 Å². The van der Waals surface area contributed by atoms with E-state index in [1.54, 1.807) is 13.4 Å². The van der Waals surface area contributed by atoms with Gasteiger partial charge in [0.2, 0.25) is 0 Å². The van der Waals surface area contributed by atoms with E-state index in [2.05, 4.69) is 39.3 Å². The maximum Gasteiger partial charge on any atom is 0.148 e. The Morgan fingerprint density at radius 2 is 2.17 bits per heavy atom. The number of aryl methyl sites for hydroxylation is 1. The number of benzene rings is 1. The second-order valence-electron chi connectivity index (χ2n) is 4.19. The molecule has 0 saturated heterocycles. The summed E-state index contributed by atoms with van der Waals surface area (Å²) in [7, 11) is 1.58. The molecule has 0 atom stereocenters. The molecule has 0 N–H and O–H groups in total. The second kappa shape index (κ2) is 4.61. The fraction of sp³-hybridized carbons (Fsp3) is 0.214. The number of rotatable bonds is 2. The van der Waals surface area contributed by atoms with E-state index in [0.717, 1.165) is 34.3 Å². The summed E-state index contributed by atoms with van der Waals surface area (Å²) >= 11 is 3.48. The average Bonchev–Trinajstić information content (AvgIpc) is 2.96. The molecule has 1 aromatic heterocycles. The number of hydrogen-bond acceptors (Lipinski definition) is 3. The third-order valence-electron chi connectivity index (χ3n) is 3.13. The van der Waals surface area contributed by atoms with E-state index >= 15 is 0 Å². The van der Waals surface area contributed by atoms with Crippen molar-refractivity contribution < 1.29 is 9.25 Å². The molecule has 1 aromatic carbocycles. The maximum absolute atomic E-state index is 5.48. The monoisotopic (exact) mass is 305 g/mol. The maximum atomic E-state index is 5.48. The van der Waals surface area contributed by atoms with E-state index in [0.29, 0.717) is 0 Å². The molecule has 92 valence electrons. The van der Waals surface area contributed by atoms with Crippen molar-refractivity contribution in [3.8, 4) is 11.3 Å². The first kappa shape index (κ1) is 11.5. The lowest BCUT2D eigenvalue weighted by atomic mass is 10.0. The highest BCUT2D eigenvalue weighted by Gasteiger charge is 2.19. The van der Waals surface area contributed by atoms with Crippen LogP contribution in [0.15, 0.2) is 44.6 Å². The number of halogens is 1. The highest BCUT2D eigenvalue weighted by molar-refractivity contribution is 9.10. The average molecular weight is 306 g/mol. The predicted molar refractivity (Wildman–Crippen MR) is 73.7 cm³/mol. The molecule has 3 nitrogen and oxygen atoms in total. The molecule has 0 spiro atoms. The largest absolute Gasteiger partial charge is 0.463 e. The molecule has 1 aliphatic carbocycles. The van der Waals surface area contributed by atoms with Gasteiger partial charge in [0, 0.05) is 11.1 Å². The molecular weight excluding hydrogens is 294 g/mol. The van der Waals surface area contributed by atoms with Crippen LogP contribution in [-0.4, -0.2) is 12.8 Å². The standard InChI is InChI=1S/C14H12BrNO2/c1-17-16-13-5-3-9-8-10(2-4-11(9)13)14-12(15)6-7-18-14/h2,4,6-8H,3,5H2,1H3. The Morgan fingerprint density at radius 1 is 1.28 bits per heavy atom. The zero-order valence-electron chi connectivity index (χ0n) is 9.94. The molecule has 0 amide bonds. The van der Waals surface area contributed by atoms with Crippen LogP contribution in [0.25, 0.3) is 11.3 Å². The summed E-state index contributed by atoms with van der Waals surface area (Å²) in [5.41, 5.74) is 4.59. The van der Waals surface area contributed by atoms with Crippen LogP contribution in [0.2, 0.25) is 0 Å². The molecule has 0 saturated carbocycles. The van der Waals surface area contributed by atoms with E-state index < -0.39 is 0 Å². The molecule has 0 bridgehead atoms. The van der Waals surface area contributed by atoms with Gasteiger partial charge in [-0.15, -0.1) is 0 Å². The molecule has 18 heavy (non-hydrogen) atoms. The summed E-state index contributed by atoms with van der Waals surface area (Å²) in [5, 5.41) is 4.06. The van der Waals surface area contributed by atoms with Crippen molar-refractivity contribution in [1.29, 1.82) is 0 Å². The van der Waals surface area contributed by atoms with Crippen molar-refractivity contribution >= 4 is 21.6 Å². The van der Waals surface area contributed by atoms with Gasteiger partial charge in [0.15, 0.2) is 0 Å². The van der Waals surface area contributed by atoms with E-state index in [-0.39, 0.29) is 0 Å². The van der Waals surface area contributed by atoms with Crippen LogP contribution in [0.4, 0.5) is 0 Å². The fourth-order valence-corrected chi connectivity index (χ4v) is 2.75. The predicted octanol–water partition coefficient (Wildman–Crippen LogP) is 4.01. The summed E-state index contributed by atoms with van der Waals surface area (Å²) < 4.78 is 6.46. The van der Waals surface area contributed by atoms with Gasteiger partial charge in [-0.25, -0.2) is 0 Å². The molecule has 0 unspecified atom stereocenters. The first-order chi connectivity index (χ1) is 8.79. The van der Waals surface area contributed by atoms with Crippen molar-refractivity contribution in [2.75, 3.05) is 7.11 Å². The van der Waals surface area contributed by atoms with Gasteiger partial charge in [0.05, 0.1) is 16.4 Å². The minimum Gasteiger partial charge on any atom is -0.463 e. The van der Waals surface area contributed by atoms with Crippen LogP contribution >= 0.6 is 15.9 Å². The van der Waals surface area contributed by atoms with Gasteiger partial charge in [0.1, 0.15) is 12.9 Å². The normalized spacial score (nSPS) is 16.0. The lowest BCUT2D eigenvalue weighted by molar-refractivity contribution is 0.213. The third-order valence-corrected chi connectivity index (χ3v) is 3.75. The molecular formula is C14H12BrNO2. The van der Waals surface area contributed by atoms with Crippen LogP contribution in [-0.2, 0) is 11.3 Å². The molecule has 0 aliphatic heterocycles. The zero-order chi connectivity index (χ0) is 12.5. The van der Waals surface area contributed by atoms with Crippen LogP contribution in [0.5, 0.6) is 0 Å². The Labute approximate surface area is 114 Å². The Kier molecular flexibility index (Phi) is 2.96. The number of nitrogens with zero attached hydrogens (tertiary/aromatic N) is 1. The zero-order valence-corrected chi connectivity index (χ0v) is 11.5. The second-order valence-corrected chi connectivity index (χ2v) is 5.04. The summed E-state index contributed by atoms with van der Waals surface area (Å²) in [4.78, 5) is 4.87. The van der Waals surface area contributed by atoms with Crippen molar-refractivity contribution in [2.24, 2.45) is 5.16 Å². The van der Waals surface area contributed by atoms with E-state index in [9.17, 15) is 0 Å². The van der Waals surface area contributed by atoms with Crippen LogP contribution in [0.3, 0.4) is 0 Å². The van der Waals surface area contributed by atoms with Crippen molar-refractivity contribution in [1.82, 2.24) is 0 Å². The lowest BCUT2D eigenvalue weighted by Gasteiger charge is -2.03. The van der Waals surface area contributed by atoms with Gasteiger partial charge in [-0.2, -0.15) is 0 Å². The number of furan rings is 1. The SMILES string of the molecule is CON=C1CCc2cc(-c3occc3Br)ccc21. The van der Waals surface area contributed by atoms with E-state index in [4.69, 9.17) is 9.25 Å². The lowest BCUT2D eigenvalue weighted by Crippen LogP contribution is -1.94. The van der Waals surface area contributed by atoms with Gasteiger partial charge >= 0.3 is 0 Å². The quantitative estimate of drug-likeness (QED) is 0.786. The van der Waals surface area contributed by atoms with E-state index in [1.165, 1.54) is 11.1 Å². The molecule has 3 rings (SSSR count). The van der Waals surface area contributed by atoms with Crippen LogP contribution < -0.4 is 0 Å². The Balaban J connectivity index is 2.04. The van der Waals surface area contributed by atoms with Gasteiger partial charge in [-0.3, -0.25) is 0 Å². The number of fused-ring (bicyclic) bond motifs is 1. The van der Waals surface area contributed by atoms with Crippen molar-refractivity contribution in [3.05, 3.63) is 46.1 Å². The van der Waals surface area contributed by atoms with Crippen molar-refractivity contribution in [2.45, 2.75) is 12.8 Å². The molecule has 1 aliphatic rings. The molecule has 0 fully saturated rings. The summed E-state index contributed by atoms with van der Waals surface area (Å²) in [6.45, 7) is 0. The first-order valence-corrected chi connectivity index (χ1v) is 6.55. The minimum atomic E-state index is 0.870. The summed E-state index contributed by atoms with van der Waals surface area (Å²) in [6, 6.07) is 8.21. The molecule has 4 heteroatoms. The Hall–Kier alpha value is -1.55. The number of oxime groups is 1. The Morgan fingerprint density at radius 3 is 2.89 bits per heavy atom. The number of hydrogen-bond donors (Lipinski definition) is 0. The van der Waals surface area contributed by atoms with Gasteiger partial charge < -0.3 is 9.25 Å².